The van der Waals surface area contributed by atoms with E-state index in [9.17, 15) is 22.8 Å². The maximum atomic E-state index is 12.8. The summed E-state index contributed by atoms with van der Waals surface area (Å²) in [5.41, 5.74) is -0.921. The molecule has 0 spiro atoms. The Morgan fingerprint density at radius 1 is 1.08 bits per heavy atom. The van der Waals surface area contributed by atoms with E-state index in [4.69, 9.17) is 11.6 Å². The lowest BCUT2D eigenvalue weighted by Gasteiger charge is -2.13. The average molecular weight is 373 g/mol. The van der Waals surface area contributed by atoms with Gasteiger partial charge in [0.05, 0.1) is 28.9 Å². The van der Waals surface area contributed by atoms with E-state index < -0.39 is 28.8 Å². The number of esters is 1. The zero-order valence-electron chi connectivity index (χ0n) is 12.8. The predicted octanol–water partition coefficient (Wildman–Crippen LogP) is 4.79. The van der Waals surface area contributed by atoms with Crippen LogP contribution in [-0.4, -0.2) is 19.1 Å². The lowest BCUT2D eigenvalue weighted by molar-refractivity contribution is -0.137. The van der Waals surface area contributed by atoms with Gasteiger partial charge in [0, 0.05) is 5.69 Å². The van der Waals surface area contributed by atoms with Gasteiger partial charge in [0.15, 0.2) is 0 Å². The number of carbonyl (C=O) groups is 2. The summed E-state index contributed by atoms with van der Waals surface area (Å²) < 4.78 is 43.1. The summed E-state index contributed by atoms with van der Waals surface area (Å²) in [6.45, 7) is 0. The Balaban J connectivity index is 2.18. The minimum absolute atomic E-state index is 0.104. The topological polar surface area (TPSA) is 67.4 Å². The zero-order chi connectivity index (χ0) is 18.6. The molecule has 9 heteroatoms. The summed E-state index contributed by atoms with van der Waals surface area (Å²) in [7, 11) is 1.19. The lowest BCUT2D eigenvalue weighted by atomic mass is 10.2. The molecular formula is C16H12ClF3N2O3. The molecule has 132 valence electrons. The van der Waals surface area contributed by atoms with Crippen molar-refractivity contribution in [1.82, 2.24) is 0 Å². The molecule has 5 nitrogen and oxygen atoms in total. The second-order valence-electron chi connectivity index (χ2n) is 4.81. The maximum Gasteiger partial charge on any atom is 0.417 e. The molecule has 2 N–H and O–H groups in total. The predicted molar refractivity (Wildman–Crippen MR) is 86.9 cm³/mol. The van der Waals surface area contributed by atoms with Gasteiger partial charge in [0.25, 0.3) is 0 Å². The smallest absolute Gasteiger partial charge is 0.417 e. The SMILES string of the molecule is COC(=O)c1ccccc1NC(=O)Nc1ccc(Cl)c(C(F)(F)F)c1. The highest BCUT2D eigenvalue weighted by molar-refractivity contribution is 6.31. The van der Waals surface area contributed by atoms with Crippen LogP contribution in [0.15, 0.2) is 42.5 Å². The quantitative estimate of drug-likeness (QED) is 0.761. The summed E-state index contributed by atoms with van der Waals surface area (Å²) in [5, 5.41) is 4.16. The number of rotatable bonds is 3. The van der Waals surface area contributed by atoms with Gasteiger partial charge in [-0.05, 0) is 30.3 Å². The Kier molecular flexibility index (Phi) is 5.53. The molecule has 2 aromatic carbocycles. The van der Waals surface area contributed by atoms with Crippen LogP contribution in [-0.2, 0) is 10.9 Å². The summed E-state index contributed by atoms with van der Waals surface area (Å²) in [6.07, 6.45) is -4.65. The Morgan fingerprint density at radius 3 is 2.40 bits per heavy atom. The van der Waals surface area contributed by atoms with E-state index in [0.717, 1.165) is 6.07 Å². The Morgan fingerprint density at radius 2 is 1.76 bits per heavy atom. The fraction of sp³-hybridized carbons (Fsp3) is 0.125. The normalized spacial score (nSPS) is 10.9. The van der Waals surface area contributed by atoms with Crippen LogP contribution < -0.4 is 10.6 Å². The third-order valence-corrected chi connectivity index (χ3v) is 3.44. The number of nitrogens with one attached hydrogen (secondary N) is 2. The van der Waals surface area contributed by atoms with Gasteiger partial charge in [-0.15, -0.1) is 0 Å². The van der Waals surface area contributed by atoms with Crippen molar-refractivity contribution in [1.29, 1.82) is 0 Å². The van der Waals surface area contributed by atoms with Crippen LogP contribution in [0.25, 0.3) is 0 Å². The van der Waals surface area contributed by atoms with Crippen molar-refractivity contribution in [3.8, 4) is 0 Å². The van der Waals surface area contributed by atoms with E-state index in [1.54, 1.807) is 12.1 Å². The van der Waals surface area contributed by atoms with Gasteiger partial charge in [0.2, 0.25) is 0 Å². The van der Waals surface area contributed by atoms with Gasteiger partial charge in [-0.25, -0.2) is 9.59 Å². The highest BCUT2D eigenvalue weighted by atomic mass is 35.5. The fourth-order valence-electron chi connectivity index (χ4n) is 1.98. The molecule has 25 heavy (non-hydrogen) atoms. The van der Waals surface area contributed by atoms with Crippen LogP contribution >= 0.6 is 11.6 Å². The first-order chi connectivity index (χ1) is 11.7. The van der Waals surface area contributed by atoms with Crippen molar-refractivity contribution >= 4 is 35.0 Å². The summed E-state index contributed by atoms with van der Waals surface area (Å²) in [6, 6.07) is 8.18. The Labute approximate surface area is 145 Å². The molecular weight excluding hydrogens is 361 g/mol. The molecule has 0 bridgehead atoms. The van der Waals surface area contributed by atoms with Crippen molar-refractivity contribution in [3.05, 3.63) is 58.6 Å². The number of urea groups is 1. The van der Waals surface area contributed by atoms with E-state index in [-0.39, 0.29) is 16.9 Å². The molecule has 2 rings (SSSR count). The molecule has 2 amide bonds. The molecule has 0 aliphatic rings. The van der Waals surface area contributed by atoms with Crippen molar-refractivity contribution in [3.63, 3.8) is 0 Å². The first-order valence-corrected chi connectivity index (χ1v) is 7.22. The van der Waals surface area contributed by atoms with Crippen LogP contribution in [0.2, 0.25) is 5.02 Å². The molecule has 0 atom stereocenters. The van der Waals surface area contributed by atoms with Gasteiger partial charge in [-0.1, -0.05) is 23.7 Å². The minimum atomic E-state index is -4.65. The number of anilines is 2. The van der Waals surface area contributed by atoms with E-state index >= 15 is 0 Å². The van der Waals surface area contributed by atoms with Crippen molar-refractivity contribution < 1.29 is 27.5 Å². The number of para-hydroxylation sites is 1. The number of alkyl halides is 3. The average Bonchev–Trinajstić information content (AvgIpc) is 2.55. The lowest BCUT2D eigenvalue weighted by Crippen LogP contribution is -2.21. The zero-order valence-corrected chi connectivity index (χ0v) is 13.5. The van der Waals surface area contributed by atoms with Crippen molar-refractivity contribution in [2.75, 3.05) is 17.7 Å². The fourth-order valence-corrected chi connectivity index (χ4v) is 2.21. The van der Waals surface area contributed by atoms with Crippen LogP contribution in [0.4, 0.5) is 29.3 Å². The second-order valence-corrected chi connectivity index (χ2v) is 5.22. The number of hydrogen-bond donors (Lipinski definition) is 2. The first-order valence-electron chi connectivity index (χ1n) is 6.84. The molecule has 0 aliphatic carbocycles. The number of benzene rings is 2. The molecule has 0 saturated carbocycles. The number of amides is 2. The van der Waals surface area contributed by atoms with E-state index in [1.165, 1.54) is 25.3 Å². The maximum absolute atomic E-state index is 12.8. The summed E-state index contributed by atoms with van der Waals surface area (Å²) in [5.74, 6) is -0.665. The number of methoxy groups -OCH3 is 1. The first kappa shape index (κ1) is 18.6. The van der Waals surface area contributed by atoms with Crippen LogP contribution in [0.5, 0.6) is 0 Å². The highest BCUT2D eigenvalue weighted by Gasteiger charge is 2.33. The molecule has 0 radical (unpaired) electrons. The van der Waals surface area contributed by atoms with Crippen molar-refractivity contribution in [2.24, 2.45) is 0 Å². The van der Waals surface area contributed by atoms with Gasteiger partial charge in [0.1, 0.15) is 0 Å². The minimum Gasteiger partial charge on any atom is -0.465 e. The highest BCUT2D eigenvalue weighted by Crippen LogP contribution is 2.36. The molecule has 2 aromatic rings. The number of ether oxygens (including phenoxy) is 1. The standard InChI is InChI=1S/C16H12ClF3N2O3/c1-25-14(23)10-4-2-3-5-13(10)22-15(24)21-9-6-7-12(17)11(8-9)16(18,19)20/h2-8H,1H3,(H2,21,22,24). The van der Waals surface area contributed by atoms with Crippen LogP contribution in [0.1, 0.15) is 15.9 Å². The summed E-state index contributed by atoms with van der Waals surface area (Å²) >= 11 is 5.52. The molecule has 0 heterocycles. The van der Waals surface area contributed by atoms with Gasteiger partial charge >= 0.3 is 18.2 Å². The molecule has 0 aliphatic heterocycles. The third kappa shape index (κ3) is 4.63. The molecule has 0 saturated heterocycles. The van der Waals surface area contributed by atoms with E-state index in [1.807, 2.05) is 0 Å². The van der Waals surface area contributed by atoms with E-state index in [2.05, 4.69) is 15.4 Å². The third-order valence-electron chi connectivity index (χ3n) is 3.11. The monoisotopic (exact) mass is 372 g/mol. The number of carbonyl (C=O) groups excluding carboxylic acids is 2. The van der Waals surface area contributed by atoms with Gasteiger partial charge in [-0.2, -0.15) is 13.2 Å². The van der Waals surface area contributed by atoms with E-state index in [0.29, 0.717) is 6.07 Å². The van der Waals surface area contributed by atoms with Crippen LogP contribution in [0, 0.1) is 0 Å². The van der Waals surface area contributed by atoms with Gasteiger partial charge < -0.3 is 15.4 Å². The Bertz CT molecular complexity index is 809. The molecule has 0 fully saturated rings. The summed E-state index contributed by atoms with van der Waals surface area (Å²) in [4.78, 5) is 23.6. The largest absolute Gasteiger partial charge is 0.465 e. The van der Waals surface area contributed by atoms with Crippen LogP contribution in [0.3, 0.4) is 0 Å². The Hall–Kier alpha value is -2.74. The molecule has 0 aromatic heterocycles. The number of halogens is 4. The molecule has 0 unspecified atom stereocenters. The second kappa shape index (κ2) is 7.43. The van der Waals surface area contributed by atoms with Crippen molar-refractivity contribution in [2.45, 2.75) is 6.18 Å². The number of hydrogen-bond acceptors (Lipinski definition) is 3. The van der Waals surface area contributed by atoms with Gasteiger partial charge in [-0.3, -0.25) is 0 Å².